The maximum absolute atomic E-state index is 12.0. The van der Waals surface area contributed by atoms with E-state index in [4.69, 9.17) is 4.74 Å². The fourth-order valence-corrected chi connectivity index (χ4v) is 3.19. The standard InChI is InChI=1S/C15H17N3O5/c1-23-15(22)11-7-18(6-10-12(11)16-17-13(10)19)9-4-2-3-8(5-9)14(20)21/h6-9H,2-5H2,1H3,(H,17,19)(H,20,21)/t8-,9+/m0/s1. The van der Waals surface area contributed by atoms with E-state index in [1.165, 1.54) is 7.11 Å². The van der Waals surface area contributed by atoms with Crippen molar-refractivity contribution >= 4 is 11.9 Å². The Morgan fingerprint density at radius 1 is 1.39 bits per heavy atom. The molecule has 2 N–H and O–H groups in total. The molecular weight excluding hydrogens is 302 g/mol. The fourth-order valence-electron chi connectivity index (χ4n) is 3.19. The van der Waals surface area contributed by atoms with Crippen LogP contribution in [0, 0.1) is 5.92 Å². The van der Waals surface area contributed by atoms with Crippen molar-refractivity contribution < 1.29 is 19.4 Å². The van der Waals surface area contributed by atoms with Crippen molar-refractivity contribution in [2.75, 3.05) is 7.11 Å². The number of carboxylic acids is 1. The quantitative estimate of drug-likeness (QED) is 0.824. The molecule has 0 amide bonds. The topological polar surface area (TPSA) is 114 Å². The van der Waals surface area contributed by atoms with Gasteiger partial charge in [0.1, 0.15) is 11.3 Å². The number of aliphatic carboxylic acids is 1. The van der Waals surface area contributed by atoms with Gasteiger partial charge in [0.25, 0.3) is 5.56 Å². The van der Waals surface area contributed by atoms with Gasteiger partial charge in [-0.15, -0.1) is 0 Å². The molecule has 1 saturated carbocycles. The molecule has 8 nitrogen and oxygen atoms in total. The SMILES string of the molecule is COC(=O)c1cn([C@@H]2CCC[C@H](C(=O)O)C2)cc2c(=O)[nH]nc1-2. The van der Waals surface area contributed by atoms with Crippen LogP contribution in [0.2, 0.25) is 0 Å². The highest BCUT2D eigenvalue weighted by Crippen LogP contribution is 2.34. The normalized spacial score (nSPS) is 21.3. The number of carbonyl (C=O) groups excluding carboxylic acids is 1. The third-order valence-corrected chi connectivity index (χ3v) is 4.40. The number of carbonyl (C=O) groups is 2. The monoisotopic (exact) mass is 319 g/mol. The number of nitrogens with zero attached hydrogens (tertiary/aromatic N) is 2. The Labute approximate surface area is 131 Å². The number of H-pyrrole nitrogens is 1. The van der Waals surface area contributed by atoms with Gasteiger partial charge in [-0.3, -0.25) is 9.59 Å². The number of hydrogen-bond donors (Lipinski definition) is 2. The Kier molecular flexibility index (Phi) is 3.89. The van der Waals surface area contributed by atoms with Crippen LogP contribution >= 0.6 is 0 Å². The maximum atomic E-state index is 12.0. The van der Waals surface area contributed by atoms with Gasteiger partial charge in [0.15, 0.2) is 0 Å². The van der Waals surface area contributed by atoms with E-state index in [9.17, 15) is 19.5 Å². The zero-order valence-corrected chi connectivity index (χ0v) is 12.6. The molecule has 0 aromatic carbocycles. The summed E-state index contributed by atoms with van der Waals surface area (Å²) in [5.74, 6) is -1.80. The number of aromatic amines is 1. The molecule has 1 fully saturated rings. The zero-order valence-electron chi connectivity index (χ0n) is 12.6. The number of carboxylic acid groups (broad SMARTS) is 1. The van der Waals surface area contributed by atoms with Crippen molar-refractivity contribution in [3.63, 3.8) is 0 Å². The molecular formula is C15H17N3O5. The summed E-state index contributed by atoms with van der Waals surface area (Å²) in [6.45, 7) is 0. The van der Waals surface area contributed by atoms with E-state index in [0.29, 0.717) is 18.4 Å². The highest BCUT2D eigenvalue weighted by Gasteiger charge is 2.30. The van der Waals surface area contributed by atoms with Gasteiger partial charge in [-0.05, 0) is 19.3 Å². The Morgan fingerprint density at radius 3 is 2.87 bits per heavy atom. The summed E-state index contributed by atoms with van der Waals surface area (Å²) >= 11 is 0. The first kappa shape index (κ1) is 15.3. The van der Waals surface area contributed by atoms with E-state index < -0.39 is 17.9 Å². The minimum absolute atomic E-state index is 0.0769. The molecule has 0 aromatic rings. The van der Waals surface area contributed by atoms with Gasteiger partial charge < -0.3 is 14.4 Å². The van der Waals surface area contributed by atoms with E-state index in [-0.39, 0.29) is 22.9 Å². The lowest BCUT2D eigenvalue weighted by molar-refractivity contribution is -0.143. The van der Waals surface area contributed by atoms with Crippen molar-refractivity contribution in [3.8, 4) is 11.3 Å². The number of pyridine rings is 1. The Hall–Kier alpha value is -2.64. The van der Waals surface area contributed by atoms with Crippen molar-refractivity contribution in [1.82, 2.24) is 14.8 Å². The van der Waals surface area contributed by atoms with E-state index in [1.807, 2.05) is 0 Å². The van der Waals surface area contributed by atoms with Gasteiger partial charge in [0, 0.05) is 18.4 Å². The van der Waals surface area contributed by atoms with E-state index in [0.717, 1.165) is 12.8 Å². The van der Waals surface area contributed by atoms with E-state index in [2.05, 4.69) is 10.2 Å². The summed E-state index contributed by atoms with van der Waals surface area (Å²) in [6, 6.07) is -0.0769. The lowest BCUT2D eigenvalue weighted by atomic mass is 9.85. The minimum Gasteiger partial charge on any atom is -0.481 e. The molecule has 2 atom stereocenters. The molecule has 3 aliphatic rings. The predicted octanol–water partition coefficient (Wildman–Crippen LogP) is 1.28. The summed E-state index contributed by atoms with van der Waals surface area (Å²) in [7, 11) is 1.26. The van der Waals surface area contributed by atoms with Crippen LogP contribution in [0.25, 0.3) is 11.3 Å². The molecule has 122 valence electrons. The average Bonchev–Trinajstić information content (AvgIpc) is 2.94. The number of ether oxygens (including phenoxy) is 1. The lowest BCUT2D eigenvalue weighted by Gasteiger charge is -2.29. The number of esters is 1. The van der Waals surface area contributed by atoms with Crippen LogP contribution in [0.1, 0.15) is 42.1 Å². The molecule has 0 bridgehead atoms. The lowest BCUT2D eigenvalue weighted by Crippen LogP contribution is -2.25. The second-order valence-corrected chi connectivity index (χ2v) is 5.78. The molecule has 8 heteroatoms. The summed E-state index contributed by atoms with van der Waals surface area (Å²) in [4.78, 5) is 35.1. The molecule has 0 spiro atoms. The number of nitrogens with one attached hydrogen (secondary N) is 1. The summed E-state index contributed by atoms with van der Waals surface area (Å²) in [5.41, 5.74) is 0.375. The summed E-state index contributed by atoms with van der Waals surface area (Å²) < 4.78 is 6.50. The van der Waals surface area contributed by atoms with Crippen molar-refractivity contribution in [3.05, 3.63) is 28.3 Å². The van der Waals surface area contributed by atoms with Crippen molar-refractivity contribution in [2.24, 2.45) is 5.92 Å². The Morgan fingerprint density at radius 2 is 2.17 bits per heavy atom. The second-order valence-electron chi connectivity index (χ2n) is 5.78. The number of methoxy groups -OCH3 is 1. The molecule has 0 unspecified atom stereocenters. The van der Waals surface area contributed by atoms with Crippen LogP contribution in [0.15, 0.2) is 17.2 Å². The van der Waals surface area contributed by atoms with Crippen molar-refractivity contribution in [2.45, 2.75) is 31.7 Å². The first-order chi connectivity index (χ1) is 11.0. The first-order valence-corrected chi connectivity index (χ1v) is 7.42. The van der Waals surface area contributed by atoms with E-state index in [1.54, 1.807) is 17.0 Å². The van der Waals surface area contributed by atoms with Gasteiger partial charge in [-0.2, -0.15) is 5.10 Å². The average molecular weight is 319 g/mol. The van der Waals surface area contributed by atoms with Gasteiger partial charge in [0.05, 0.1) is 18.6 Å². The number of hydrogen-bond acceptors (Lipinski definition) is 5. The van der Waals surface area contributed by atoms with Gasteiger partial charge in [0.2, 0.25) is 0 Å². The number of rotatable bonds is 3. The zero-order chi connectivity index (χ0) is 16.6. The Balaban J connectivity index is 2.05. The van der Waals surface area contributed by atoms with Gasteiger partial charge in [-0.1, -0.05) is 6.42 Å². The Bertz CT molecular complexity index is 778. The smallest absolute Gasteiger partial charge is 0.341 e. The fraction of sp³-hybridized carbons (Fsp3) is 0.467. The van der Waals surface area contributed by atoms with Gasteiger partial charge in [-0.25, -0.2) is 9.89 Å². The highest BCUT2D eigenvalue weighted by molar-refractivity contribution is 5.95. The third-order valence-electron chi connectivity index (χ3n) is 4.40. The predicted molar refractivity (Wildman–Crippen MR) is 79.4 cm³/mol. The summed E-state index contributed by atoms with van der Waals surface area (Å²) in [5, 5.41) is 15.4. The minimum atomic E-state index is -0.808. The van der Waals surface area contributed by atoms with Crippen molar-refractivity contribution in [1.29, 1.82) is 0 Å². The molecule has 3 rings (SSSR count). The van der Waals surface area contributed by atoms with Crippen LogP contribution in [0.3, 0.4) is 0 Å². The van der Waals surface area contributed by atoms with Crippen LogP contribution < -0.4 is 5.56 Å². The second kappa shape index (κ2) is 5.86. The summed E-state index contributed by atoms with van der Waals surface area (Å²) in [6.07, 6.45) is 5.92. The van der Waals surface area contributed by atoms with Crippen LogP contribution in [0.4, 0.5) is 0 Å². The first-order valence-electron chi connectivity index (χ1n) is 7.42. The molecule has 0 saturated heterocycles. The van der Waals surface area contributed by atoms with Crippen LogP contribution in [0.5, 0.6) is 0 Å². The van der Waals surface area contributed by atoms with Crippen LogP contribution in [-0.2, 0) is 9.53 Å². The third kappa shape index (κ3) is 2.71. The molecule has 23 heavy (non-hydrogen) atoms. The van der Waals surface area contributed by atoms with E-state index >= 15 is 0 Å². The molecule has 2 aliphatic heterocycles. The van der Waals surface area contributed by atoms with Crippen LogP contribution in [-0.4, -0.2) is 38.9 Å². The molecule has 0 radical (unpaired) electrons. The highest BCUT2D eigenvalue weighted by atomic mass is 16.5. The molecule has 0 aromatic heterocycles. The largest absolute Gasteiger partial charge is 0.481 e. The number of fused-ring (bicyclic) bond motifs is 1. The van der Waals surface area contributed by atoms with Gasteiger partial charge >= 0.3 is 11.9 Å². The maximum Gasteiger partial charge on any atom is 0.341 e. The molecule has 1 aliphatic carbocycles. The number of aromatic nitrogens is 3. The molecule has 2 heterocycles.